The first-order chi connectivity index (χ1) is 24.4. The number of unbranched alkanes of at least 4 members (excludes halogenated alkanes) is 9. The number of hydrogen-bond acceptors (Lipinski definition) is 12. The van der Waals surface area contributed by atoms with Crippen LogP contribution in [0.25, 0.3) is 0 Å². The molecule has 5 rings (SSSR count). The highest BCUT2D eigenvalue weighted by atomic mass is 32.2. The van der Waals surface area contributed by atoms with Gasteiger partial charge in [0.1, 0.15) is 22.8 Å². The number of nitrogens with two attached hydrogens (primary N) is 1. The van der Waals surface area contributed by atoms with E-state index in [2.05, 4.69) is 6.92 Å². The maximum Gasteiger partial charge on any atom is 0.202 e. The van der Waals surface area contributed by atoms with Crippen molar-refractivity contribution in [3.63, 3.8) is 0 Å². The lowest BCUT2D eigenvalue weighted by Gasteiger charge is -2.42. The minimum atomic E-state index is -2.02. The van der Waals surface area contributed by atoms with Crippen molar-refractivity contribution in [3.8, 4) is 17.2 Å². The molecule has 3 aliphatic rings. The summed E-state index contributed by atoms with van der Waals surface area (Å²) in [5.74, 6) is -2.19. The molecule has 2 aromatic rings. The summed E-state index contributed by atoms with van der Waals surface area (Å²) >= 11 is 1.43. The molecule has 12 heteroatoms. The summed E-state index contributed by atoms with van der Waals surface area (Å²) < 4.78 is 17.5. The number of aliphatic hydroxyl groups is 2. The number of carbonyl (C=O) groups excluding carboxylic acids is 3. The molecule has 2 aliphatic carbocycles. The predicted octanol–water partition coefficient (Wildman–Crippen LogP) is 5.66. The van der Waals surface area contributed by atoms with Crippen molar-refractivity contribution in [2.24, 2.45) is 5.73 Å². The molecule has 6 N–H and O–H groups in total. The summed E-state index contributed by atoms with van der Waals surface area (Å²) in [5, 5.41) is 45.8. The summed E-state index contributed by atoms with van der Waals surface area (Å²) in [6, 6.07) is 3.81. The summed E-state index contributed by atoms with van der Waals surface area (Å²) in [5.41, 5.74) is 3.19. The normalized spacial score (nSPS) is 25.6. The van der Waals surface area contributed by atoms with Crippen LogP contribution >= 0.6 is 11.8 Å². The molecule has 1 heterocycles. The van der Waals surface area contributed by atoms with Gasteiger partial charge in [0, 0.05) is 42.0 Å². The van der Waals surface area contributed by atoms with Gasteiger partial charge in [0.25, 0.3) is 0 Å². The first kappa shape index (κ1) is 39.2. The van der Waals surface area contributed by atoms with Crippen LogP contribution in [0.1, 0.15) is 140 Å². The molecular weight excluding hydrogens is 674 g/mol. The number of carbonyl (C=O) groups is 3. The number of rotatable bonds is 17. The molecule has 2 aromatic carbocycles. The second kappa shape index (κ2) is 17.2. The Morgan fingerprint density at radius 3 is 2.27 bits per heavy atom. The van der Waals surface area contributed by atoms with Gasteiger partial charge in [-0.15, -0.1) is 0 Å². The van der Waals surface area contributed by atoms with E-state index < -0.39 is 82.6 Å². The second-order valence-electron chi connectivity index (χ2n) is 14.2. The monoisotopic (exact) mass is 727 g/mol. The largest absolute Gasteiger partial charge is 0.507 e. The van der Waals surface area contributed by atoms with Gasteiger partial charge in [-0.2, -0.15) is 11.8 Å². The number of benzene rings is 2. The first-order valence-corrected chi connectivity index (χ1v) is 19.5. The van der Waals surface area contributed by atoms with Gasteiger partial charge in [-0.05, 0) is 25.2 Å². The third-order valence-electron chi connectivity index (χ3n) is 10.5. The molecule has 0 amide bonds. The van der Waals surface area contributed by atoms with Crippen molar-refractivity contribution in [2.45, 2.75) is 134 Å². The van der Waals surface area contributed by atoms with Crippen LogP contribution in [0, 0.1) is 0 Å². The highest BCUT2D eigenvalue weighted by molar-refractivity contribution is 7.99. The van der Waals surface area contributed by atoms with E-state index in [1.165, 1.54) is 76.0 Å². The highest BCUT2D eigenvalue weighted by Gasteiger charge is 2.50. The Morgan fingerprint density at radius 1 is 0.980 bits per heavy atom. The molecule has 6 atom stereocenters. The van der Waals surface area contributed by atoms with E-state index in [1.807, 2.05) is 0 Å². The number of ether oxygens (including phenoxy) is 3. The molecule has 280 valence electrons. The molecule has 0 bridgehead atoms. The fourth-order valence-electron chi connectivity index (χ4n) is 7.59. The Hall–Kier alpha value is -3.00. The van der Waals surface area contributed by atoms with Gasteiger partial charge in [-0.3, -0.25) is 14.4 Å². The minimum Gasteiger partial charge on any atom is -0.507 e. The van der Waals surface area contributed by atoms with Crippen LogP contribution in [-0.2, 0) is 20.7 Å². The fraction of sp³-hybridized carbons (Fsp3) is 0.615. The molecule has 1 saturated heterocycles. The van der Waals surface area contributed by atoms with E-state index in [0.29, 0.717) is 0 Å². The van der Waals surface area contributed by atoms with Crippen molar-refractivity contribution in [3.05, 3.63) is 51.6 Å². The smallest absolute Gasteiger partial charge is 0.202 e. The molecule has 11 nitrogen and oxygen atoms in total. The maximum atomic E-state index is 13.9. The number of hydrogen-bond donors (Lipinski definition) is 5. The van der Waals surface area contributed by atoms with E-state index in [4.69, 9.17) is 19.9 Å². The van der Waals surface area contributed by atoms with E-state index in [-0.39, 0.29) is 46.6 Å². The summed E-state index contributed by atoms with van der Waals surface area (Å²) in [6.07, 6.45) is 7.52. The van der Waals surface area contributed by atoms with Crippen LogP contribution in [-0.4, -0.2) is 86.5 Å². The number of ketones is 3. The van der Waals surface area contributed by atoms with Crippen LogP contribution in [0.5, 0.6) is 17.2 Å². The Morgan fingerprint density at radius 2 is 1.63 bits per heavy atom. The summed E-state index contributed by atoms with van der Waals surface area (Å²) in [7, 11) is 1.36. The Labute approximate surface area is 304 Å². The minimum absolute atomic E-state index is 0.00281. The zero-order valence-corrected chi connectivity index (χ0v) is 30.8. The quantitative estimate of drug-likeness (QED) is 0.0850. The van der Waals surface area contributed by atoms with Crippen molar-refractivity contribution < 1.29 is 49.0 Å². The number of aromatic hydroxyl groups is 2. The Balaban J connectivity index is 1.36. The molecule has 0 unspecified atom stereocenters. The number of fused-ring (bicyclic) bond motifs is 3. The average Bonchev–Trinajstić information content (AvgIpc) is 3.10. The van der Waals surface area contributed by atoms with Gasteiger partial charge < -0.3 is 40.4 Å². The van der Waals surface area contributed by atoms with Crippen molar-refractivity contribution in [1.29, 1.82) is 0 Å². The number of thioether (sulfide) groups is 1. The van der Waals surface area contributed by atoms with Crippen LogP contribution in [0.3, 0.4) is 0 Å². The zero-order chi connectivity index (χ0) is 36.9. The lowest BCUT2D eigenvalue weighted by atomic mass is 9.72. The van der Waals surface area contributed by atoms with E-state index in [0.717, 1.165) is 25.0 Å². The van der Waals surface area contributed by atoms with Gasteiger partial charge in [0.2, 0.25) is 5.78 Å². The maximum absolute atomic E-state index is 13.9. The van der Waals surface area contributed by atoms with Crippen molar-refractivity contribution in [1.82, 2.24) is 0 Å². The molecule has 51 heavy (non-hydrogen) atoms. The predicted molar refractivity (Wildman–Crippen MR) is 194 cm³/mol. The van der Waals surface area contributed by atoms with E-state index in [9.17, 15) is 34.8 Å². The van der Waals surface area contributed by atoms with Gasteiger partial charge >= 0.3 is 0 Å². The first-order valence-electron chi connectivity index (χ1n) is 18.4. The topological polar surface area (TPSA) is 186 Å². The molecule has 1 fully saturated rings. The fourth-order valence-corrected chi connectivity index (χ4v) is 8.60. The SMILES string of the molecule is CCCCCCCCCCCCSCC(=O)[C@]1(O)Cc2c(O)c3c(c(O)c2[C@@H](O[C@H]2C[C@H](N)[C@H](O)[C@H](C)O2)C1)C(=O)c1c(OC)cccc1C3=O. The molecular formula is C39H53NO10S. The molecule has 0 aromatic heterocycles. The van der Waals surface area contributed by atoms with Crippen molar-refractivity contribution in [2.75, 3.05) is 18.6 Å². The van der Waals surface area contributed by atoms with E-state index >= 15 is 0 Å². The van der Waals surface area contributed by atoms with Gasteiger partial charge in [0.05, 0.1) is 47.9 Å². The number of phenolic OH excluding ortho intramolecular Hbond substituents is 2. The zero-order valence-electron chi connectivity index (χ0n) is 29.9. The second-order valence-corrected chi connectivity index (χ2v) is 15.3. The highest BCUT2D eigenvalue weighted by Crippen LogP contribution is 2.52. The van der Waals surface area contributed by atoms with Gasteiger partial charge in [-0.1, -0.05) is 76.8 Å². The molecule has 1 aliphatic heterocycles. The Kier molecular flexibility index (Phi) is 13.2. The summed E-state index contributed by atoms with van der Waals surface area (Å²) in [4.78, 5) is 41.5. The lowest BCUT2D eigenvalue weighted by Crippen LogP contribution is -2.53. The van der Waals surface area contributed by atoms with Crippen molar-refractivity contribution >= 4 is 29.1 Å². The molecule has 0 spiro atoms. The Bertz CT molecular complexity index is 1580. The third-order valence-corrected chi connectivity index (χ3v) is 11.6. The number of methoxy groups -OCH3 is 1. The number of aliphatic hydroxyl groups excluding tert-OH is 1. The number of phenols is 2. The van der Waals surface area contributed by atoms with Crippen LogP contribution in [0.2, 0.25) is 0 Å². The van der Waals surface area contributed by atoms with Gasteiger partial charge in [0.15, 0.2) is 17.9 Å². The van der Waals surface area contributed by atoms with Crippen LogP contribution in [0.15, 0.2) is 18.2 Å². The number of Topliss-reactive ketones (excluding diaryl/α,β-unsaturated/α-hetero) is 1. The summed E-state index contributed by atoms with van der Waals surface area (Å²) in [6.45, 7) is 3.85. The van der Waals surface area contributed by atoms with Gasteiger partial charge in [-0.25, -0.2) is 0 Å². The van der Waals surface area contributed by atoms with Crippen LogP contribution in [0.4, 0.5) is 0 Å². The standard InChI is InChI=1S/C39H53NO10S/c1-4-5-6-7-8-9-10-11-12-13-17-51-21-28(41)39(47)19-24-31(27(20-39)50-29-18-25(40)34(42)22(2)49-29)38(46)33-32(36(24)44)35(43)23-15-14-16-26(48-3)30(23)37(33)45/h14-16,22,25,27,29,34,42,44,46-47H,4-13,17-21,40H2,1-3H3/t22-,25-,27-,29-,34+,39-/m0/s1. The average molecular weight is 728 g/mol. The lowest BCUT2D eigenvalue weighted by molar-refractivity contribution is -0.247. The molecule has 0 saturated carbocycles. The van der Waals surface area contributed by atoms with Crippen LogP contribution < -0.4 is 10.5 Å². The molecule has 0 radical (unpaired) electrons. The van der Waals surface area contributed by atoms with E-state index in [1.54, 1.807) is 13.0 Å². The third kappa shape index (κ3) is 8.31.